The van der Waals surface area contributed by atoms with Gasteiger partial charge in [-0.3, -0.25) is 4.40 Å². The summed E-state index contributed by atoms with van der Waals surface area (Å²) in [5, 5.41) is 4.49. The maximum atomic E-state index is 5.89. The highest BCUT2D eigenvalue weighted by atomic mass is 16.5. The number of para-hydroxylation sites is 1. The summed E-state index contributed by atoms with van der Waals surface area (Å²) in [5.74, 6) is 3.82. The first-order valence-electron chi connectivity index (χ1n) is 10.6. The second-order valence-corrected chi connectivity index (χ2v) is 7.87. The number of fused-ring (bicyclic) bond motifs is 2. The highest BCUT2D eigenvalue weighted by molar-refractivity contribution is 5.84. The number of benzene rings is 2. The third-order valence-corrected chi connectivity index (χ3v) is 5.85. The minimum Gasteiger partial charge on any atom is -0.439 e. The van der Waals surface area contributed by atoms with Crippen LogP contribution in [0.1, 0.15) is 31.0 Å². The first-order valence-corrected chi connectivity index (χ1v) is 10.6. The molecular weight excluding hydrogens is 386 g/mol. The molecule has 1 saturated carbocycles. The Labute approximate surface area is 179 Å². The molecule has 0 atom stereocenters. The van der Waals surface area contributed by atoms with Crippen LogP contribution in [0.3, 0.4) is 0 Å². The summed E-state index contributed by atoms with van der Waals surface area (Å²) >= 11 is 0. The number of nitrogens with zero attached hydrogens (tertiary/aromatic N) is 4. The number of hydrogen-bond acceptors (Lipinski definition) is 5. The van der Waals surface area contributed by atoms with Gasteiger partial charge in [-0.15, -0.1) is 0 Å². The monoisotopic (exact) mass is 407 g/mol. The molecular formula is C25H21N5O. The zero-order valence-corrected chi connectivity index (χ0v) is 16.9. The summed E-state index contributed by atoms with van der Waals surface area (Å²) in [4.78, 5) is 13.9. The van der Waals surface area contributed by atoms with Crippen LogP contribution in [0.2, 0.25) is 0 Å². The van der Waals surface area contributed by atoms with Crippen LogP contribution >= 0.6 is 0 Å². The van der Waals surface area contributed by atoms with Gasteiger partial charge in [0.2, 0.25) is 5.88 Å². The quantitative estimate of drug-likeness (QED) is 0.382. The first-order chi connectivity index (χ1) is 15.3. The SMILES string of the molecule is c1ccc(Oc2ccc3ccc(Nc4nccn5c(C6CCC6)ncc45)cc3n2)cc1. The molecule has 0 amide bonds. The molecule has 1 aliphatic carbocycles. The van der Waals surface area contributed by atoms with Gasteiger partial charge in [-0.1, -0.05) is 30.7 Å². The molecule has 0 unspecified atom stereocenters. The summed E-state index contributed by atoms with van der Waals surface area (Å²) in [6.45, 7) is 0. The molecule has 152 valence electrons. The second-order valence-electron chi connectivity index (χ2n) is 7.87. The van der Waals surface area contributed by atoms with E-state index in [1.807, 2.05) is 79.3 Å². The third kappa shape index (κ3) is 3.36. The lowest BCUT2D eigenvalue weighted by molar-refractivity contribution is 0.400. The van der Waals surface area contributed by atoms with Crippen molar-refractivity contribution in [2.45, 2.75) is 25.2 Å². The molecule has 0 aliphatic heterocycles. The Hall–Kier alpha value is -3.93. The topological polar surface area (TPSA) is 64.3 Å². The van der Waals surface area contributed by atoms with Gasteiger partial charge in [0.25, 0.3) is 0 Å². The van der Waals surface area contributed by atoms with Crippen molar-refractivity contribution in [3.8, 4) is 11.6 Å². The molecule has 1 fully saturated rings. The number of pyridine rings is 1. The van der Waals surface area contributed by atoms with E-state index < -0.39 is 0 Å². The van der Waals surface area contributed by atoms with Crippen LogP contribution in [0.4, 0.5) is 11.5 Å². The van der Waals surface area contributed by atoms with Gasteiger partial charge in [0, 0.05) is 35.5 Å². The van der Waals surface area contributed by atoms with Crippen LogP contribution in [-0.4, -0.2) is 19.4 Å². The Kier molecular flexibility index (Phi) is 4.27. The number of anilines is 2. The number of imidazole rings is 1. The lowest BCUT2D eigenvalue weighted by Crippen LogP contribution is -2.12. The van der Waals surface area contributed by atoms with E-state index in [-0.39, 0.29) is 0 Å². The summed E-state index contributed by atoms with van der Waals surface area (Å²) < 4.78 is 8.05. The summed E-state index contributed by atoms with van der Waals surface area (Å²) in [5.41, 5.74) is 2.76. The lowest BCUT2D eigenvalue weighted by Gasteiger charge is -2.24. The van der Waals surface area contributed by atoms with Gasteiger partial charge in [0.1, 0.15) is 17.1 Å². The van der Waals surface area contributed by atoms with E-state index in [9.17, 15) is 0 Å². The van der Waals surface area contributed by atoms with Gasteiger partial charge >= 0.3 is 0 Å². The fraction of sp³-hybridized carbons (Fsp3) is 0.160. The fourth-order valence-electron chi connectivity index (χ4n) is 3.99. The number of nitrogens with one attached hydrogen (secondary N) is 1. The van der Waals surface area contributed by atoms with E-state index in [0.717, 1.165) is 39.5 Å². The van der Waals surface area contributed by atoms with E-state index in [1.54, 1.807) is 0 Å². The van der Waals surface area contributed by atoms with Crippen LogP contribution in [-0.2, 0) is 0 Å². The number of hydrogen-bond donors (Lipinski definition) is 1. The van der Waals surface area contributed by atoms with Gasteiger partial charge < -0.3 is 10.1 Å². The molecule has 0 spiro atoms. The molecule has 31 heavy (non-hydrogen) atoms. The van der Waals surface area contributed by atoms with Crippen molar-refractivity contribution < 1.29 is 4.74 Å². The van der Waals surface area contributed by atoms with Crippen molar-refractivity contribution in [2.75, 3.05) is 5.32 Å². The normalized spacial score (nSPS) is 13.9. The summed E-state index contributed by atoms with van der Waals surface area (Å²) in [6.07, 6.45) is 9.45. The third-order valence-electron chi connectivity index (χ3n) is 5.85. The van der Waals surface area contributed by atoms with Gasteiger partial charge in [-0.25, -0.2) is 15.0 Å². The van der Waals surface area contributed by atoms with E-state index >= 15 is 0 Å². The van der Waals surface area contributed by atoms with Crippen molar-refractivity contribution in [1.82, 2.24) is 19.4 Å². The first kappa shape index (κ1) is 17.9. The van der Waals surface area contributed by atoms with Gasteiger partial charge in [-0.05, 0) is 43.2 Å². The molecule has 0 saturated heterocycles. The van der Waals surface area contributed by atoms with Crippen LogP contribution in [0.5, 0.6) is 11.6 Å². The average Bonchev–Trinajstić information content (AvgIpc) is 3.18. The molecule has 1 N–H and O–H groups in total. The van der Waals surface area contributed by atoms with Crippen LogP contribution in [0.15, 0.2) is 79.3 Å². The van der Waals surface area contributed by atoms with Crippen LogP contribution in [0.25, 0.3) is 16.4 Å². The zero-order valence-electron chi connectivity index (χ0n) is 16.9. The minimum absolute atomic E-state index is 0.561. The Morgan fingerprint density at radius 2 is 1.84 bits per heavy atom. The molecule has 0 radical (unpaired) electrons. The van der Waals surface area contributed by atoms with E-state index in [0.29, 0.717) is 11.8 Å². The maximum Gasteiger partial charge on any atom is 0.219 e. The Balaban J connectivity index is 1.31. The number of aromatic nitrogens is 4. The van der Waals surface area contributed by atoms with Crippen LogP contribution < -0.4 is 10.1 Å². The van der Waals surface area contributed by atoms with E-state index in [2.05, 4.69) is 24.7 Å². The molecule has 5 aromatic rings. The standard InChI is InChI=1S/C25H21N5O/c1-2-7-20(8-3-1)31-23-12-10-17-9-11-19(15-21(17)29-23)28-24-22-16-27-25(18-5-4-6-18)30(22)14-13-26-24/h1-3,7-16,18H,4-6H2,(H,26,28). The van der Waals surface area contributed by atoms with E-state index in [1.165, 1.54) is 19.3 Å². The Morgan fingerprint density at radius 1 is 0.968 bits per heavy atom. The molecule has 0 bridgehead atoms. The Morgan fingerprint density at radius 3 is 2.68 bits per heavy atom. The predicted octanol–water partition coefficient (Wildman–Crippen LogP) is 6.08. The summed E-state index contributed by atoms with van der Waals surface area (Å²) in [7, 11) is 0. The summed E-state index contributed by atoms with van der Waals surface area (Å²) in [6, 6.07) is 19.7. The molecule has 3 heterocycles. The van der Waals surface area contributed by atoms with Crippen molar-refractivity contribution in [3.63, 3.8) is 0 Å². The van der Waals surface area contributed by atoms with Gasteiger partial charge in [-0.2, -0.15) is 0 Å². The Bertz CT molecular complexity index is 1380. The number of ether oxygens (including phenoxy) is 1. The highest BCUT2D eigenvalue weighted by Gasteiger charge is 2.24. The molecule has 6 nitrogen and oxygen atoms in total. The average molecular weight is 407 g/mol. The zero-order chi connectivity index (χ0) is 20.6. The molecule has 1 aliphatic rings. The van der Waals surface area contributed by atoms with Crippen LogP contribution in [0, 0.1) is 0 Å². The molecule has 6 heteroatoms. The highest BCUT2D eigenvalue weighted by Crippen LogP contribution is 2.36. The fourth-order valence-corrected chi connectivity index (χ4v) is 3.99. The largest absolute Gasteiger partial charge is 0.439 e. The van der Waals surface area contributed by atoms with Crippen molar-refractivity contribution >= 4 is 27.9 Å². The van der Waals surface area contributed by atoms with Gasteiger partial charge in [0.05, 0.1) is 11.7 Å². The number of rotatable bonds is 5. The second kappa shape index (κ2) is 7.40. The lowest BCUT2D eigenvalue weighted by atomic mass is 9.85. The minimum atomic E-state index is 0.561. The van der Waals surface area contributed by atoms with Crippen molar-refractivity contribution in [1.29, 1.82) is 0 Å². The smallest absolute Gasteiger partial charge is 0.219 e. The maximum absolute atomic E-state index is 5.89. The molecule has 6 rings (SSSR count). The van der Waals surface area contributed by atoms with Crippen molar-refractivity contribution in [2.24, 2.45) is 0 Å². The van der Waals surface area contributed by atoms with E-state index in [4.69, 9.17) is 4.74 Å². The van der Waals surface area contributed by atoms with Gasteiger partial charge in [0.15, 0.2) is 5.82 Å². The predicted molar refractivity (Wildman–Crippen MR) is 121 cm³/mol. The van der Waals surface area contributed by atoms with Crippen molar-refractivity contribution in [3.05, 3.63) is 85.1 Å². The molecule has 3 aromatic heterocycles. The molecule has 2 aromatic carbocycles.